The molecule has 0 fully saturated rings. The highest BCUT2D eigenvalue weighted by Gasteiger charge is 2.14. The molecule has 2 aromatic carbocycles. The topological polar surface area (TPSA) is 85.5 Å². The van der Waals surface area contributed by atoms with Crippen LogP contribution in [0.15, 0.2) is 35.5 Å². The molecule has 9 heteroatoms. The minimum Gasteiger partial charge on any atom is -0.495 e. The van der Waals surface area contributed by atoms with Crippen molar-refractivity contribution in [2.24, 2.45) is 0 Å². The van der Waals surface area contributed by atoms with Gasteiger partial charge in [-0.1, -0.05) is 23.4 Å². The molecule has 0 aliphatic heterocycles. The van der Waals surface area contributed by atoms with E-state index in [4.69, 9.17) is 25.8 Å². The minimum atomic E-state index is -0.208. The number of fused-ring (bicyclic) bond motifs is 1. The number of rotatable bonds is 8. The van der Waals surface area contributed by atoms with Crippen LogP contribution in [-0.2, 0) is 4.79 Å². The van der Waals surface area contributed by atoms with Crippen LogP contribution in [0.4, 0.5) is 5.69 Å². The smallest absolute Gasteiger partial charge is 0.234 e. The van der Waals surface area contributed by atoms with Crippen molar-refractivity contribution in [2.75, 3.05) is 31.9 Å². The summed E-state index contributed by atoms with van der Waals surface area (Å²) in [7, 11) is 3.03. The number of aromatic amines is 1. The Balaban J connectivity index is 1.66. The molecule has 1 amide bonds. The van der Waals surface area contributed by atoms with Crippen molar-refractivity contribution >= 4 is 46.0 Å². The van der Waals surface area contributed by atoms with E-state index in [9.17, 15) is 4.79 Å². The highest BCUT2D eigenvalue weighted by atomic mass is 35.5. The van der Waals surface area contributed by atoms with Crippen molar-refractivity contribution in [3.05, 3.63) is 35.4 Å². The number of anilines is 1. The Morgan fingerprint density at radius 2 is 2.00 bits per heavy atom. The van der Waals surface area contributed by atoms with Crippen molar-refractivity contribution in [1.29, 1.82) is 0 Å². The molecule has 28 heavy (non-hydrogen) atoms. The predicted octanol–water partition coefficient (Wildman–Crippen LogP) is 4.36. The Hall–Kier alpha value is -2.58. The molecule has 3 rings (SSSR count). The molecule has 0 aliphatic rings. The van der Waals surface area contributed by atoms with E-state index in [2.05, 4.69) is 15.3 Å². The number of carbonyl (C=O) groups is 1. The number of thioether (sulfide) groups is 1. The summed E-state index contributed by atoms with van der Waals surface area (Å²) < 4.78 is 15.9. The van der Waals surface area contributed by atoms with E-state index in [0.29, 0.717) is 34.0 Å². The largest absolute Gasteiger partial charge is 0.495 e. The lowest BCUT2D eigenvalue weighted by Crippen LogP contribution is -2.15. The summed E-state index contributed by atoms with van der Waals surface area (Å²) in [4.78, 5) is 20.0. The zero-order valence-corrected chi connectivity index (χ0v) is 17.2. The van der Waals surface area contributed by atoms with Gasteiger partial charge in [-0.15, -0.1) is 0 Å². The van der Waals surface area contributed by atoms with E-state index in [0.717, 1.165) is 16.8 Å². The van der Waals surface area contributed by atoms with E-state index < -0.39 is 0 Å². The number of nitrogens with one attached hydrogen (secondary N) is 2. The normalized spacial score (nSPS) is 10.7. The van der Waals surface area contributed by atoms with E-state index in [-0.39, 0.29) is 11.7 Å². The summed E-state index contributed by atoms with van der Waals surface area (Å²) in [6.45, 7) is 2.53. The highest BCUT2D eigenvalue weighted by Crippen LogP contribution is 2.36. The van der Waals surface area contributed by atoms with Crippen LogP contribution in [0.2, 0.25) is 5.02 Å². The first-order valence-electron chi connectivity index (χ1n) is 8.50. The lowest BCUT2D eigenvalue weighted by Gasteiger charge is -2.12. The molecule has 0 bridgehead atoms. The van der Waals surface area contributed by atoms with E-state index >= 15 is 0 Å². The van der Waals surface area contributed by atoms with Gasteiger partial charge in [-0.2, -0.15) is 0 Å². The molecule has 2 N–H and O–H groups in total. The fraction of sp³-hybridized carbons (Fsp3) is 0.263. The zero-order chi connectivity index (χ0) is 20.1. The number of nitrogens with zero attached hydrogens (tertiary/aromatic N) is 1. The summed E-state index contributed by atoms with van der Waals surface area (Å²) >= 11 is 7.43. The number of amides is 1. The second-order valence-corrected chi connectivity index (χ2v) is 7.05. The molecule has 3 aromatic rings. The van der Waals surface area contributed by atoms with Crippen molar-refractivity contribution in [3.8, 4) is 17.2 Å². The summed E-state index contributed by atoms with van der Waals surface area (Å²) in [6.07, 6.45) is 0. The van der Waals surface area contributed by atoms with Gasteiger partial charge in [0.2, 0.25) is 5.91 Å². The zero-order valence-electron chi connectivity index (χ0n) is 15.7. The Labute approximate surface area is 171 Å². The van der Waals surface area contributed by atoms with Crippen LogP contribution in [0.25, 0.3) is 11.0 Å². The molecule has 0 radical (unpaired) electrons. The number of imidazole rings is 1. The van der Waals surface area contributed by atoms with Crippen LogP contribution < -0.4 is 19.5 Å². The van der Waals surface area contributed by atoms with E-state index in [1.807, 2.05) is 25.1 Å². The number of carbonyl (C=O) groups excluding carboxylic acids is 1. The molecule has 0 spiro atoms. The number of halogens is 1. The monoisotopic (exact) mass is 421 g/mol. The maximum absolute atomic E-state index is 12.4. The molecule has 0 aliphatic carbocycles. The van der Waals surface area contributed by atoms with Crippen LogP contribution in [-0.4, -0.2) is 42.5 Å². The standard InChI is InChI=1S/C19H20ClN3O4S/c1-4-27-11-5-6-13-14(7-11)23-19(22-13)28-10-18(24)21-15-8-12(20)16(25-2)9-17(15)26-3/h5-9H,4,10H2,1-3H3,(H,21,24)(H,22,23). The quantitative estimate of drug-likeness (QED) is 0.525. The molecule has 0 atom stereocenters. The van der Waals surface area contributed by atoms with Crippen molar-refractivity contribution < 1.29 is 19.0 Å². The Bertz CT molecular complexity index is 993. The number of methoxy groups -OCH3 is 2. The SMILES string of the molecule is CCOc1ccc2nc(SCC(=O)Nc3cc(Cl)c(OC)cc3OC)[nH]c2c1. The first-order chi connectivity index (χ1) is 13.5. The second-order valence-electron chi connectivity index (χ2n) is 5.68. The van der Waals surface area contributed by atoms with Crippen molar-refractivity contribution in [1.82, 2.24) is 9.97 Å². The lowest BCUT2D eigenvalue weighted by atomic mass is 10.2. The molecular formula is C19H20ClN3O4S. The average Bonchev–Trinajstić information content (AvgIpc) is 3.09. The van der Waals surface area contributed by atoms with Gasteiger partial charge >= 0.3 is 0 Å². The van der Waals surface area contributed by atoms with Gasteiger partial charge in [0.15, 0.2) is 5.16 Å². The molecule has 0 saturated carbocycles. The lowest BCUT2D eigenvalue weighted by molar-refractivity contribution is -0.113. The molecule has 0 saturated heterocycles. The van der Waals surface area contributed by atoms with Gasteiger partial charge in [-0.25, -0.2) is 4.98 Å². The first kappa shape index (κ1) is 20.2. The average molecular weight is 422 g/mol. The Kier molecular flexibility index (Phi) is 6.53. The third-order valence-electron chi connectivity index (χ3n) is 3.83. The third kappa shape index (κ3) is 4.63. The van der Waals surface area contributed by atoms with Crippen LogP contribution in [0.1, 0.15) is 6.92 Å². The van der Waals surface area contributed by atoms with Gasteiger partial charge in [0.1, 0.15) is 17.2 Å². The number of aromatic nitrogens is 2. The summed E-state index contributed by atoms with van der Waals surface area (Å²) in [5.74, 6) is 1.67. The Morgan fingerprint density at radius 1 is 1.21 bits per heavy atom. The predicted molar refractivity (Wildman–Crippen MR) is 111 cm³/mol. The van der Waals surface area contributed by atoms with Crippen LogP contribution in [0.3, 0.4) is 0 Å². The second kappa shape index (κ2) is 9.07. The summed E-state index contributed by atoms with van der Waals surface area (Å²) in [5.41, 5.74) is 2.15. The number of hydrogen-bond donors (Lipinski definition) is 2. The van der Waals surface area contributed by atoms with Gasteiger partial charge in [0, 0.05) is 12.1 Å². The molecular weight excluding hydrogens is 402 g/mol. The number of benzene rings is 2. The number of hydrogen-bond acceptors (Lipinski definition) is 6. The van der Waals surface area contributed by atoms with Crippen molar-refractivity contribution in [2.45, 2.75) is 12.1 Å². The first-order valence-corrected chi connectivity index (χ1v) is 9.87. The van der Waals surface area contributed by atoms with Crippen LogP contribution in [0.5, 0.6) is 17.2 Å². The van der Waals surface area contributed by atoms with Gasteiger partial charge < -0.3 is 24.5 Å². The van der Waals surface area contributed by atoms with Gasteiger partial charge in [0.05, 0.1) is 48.3 Å². The maximum atomic E-state index is 12.4. The molecule has 1 heterocycles. The van der Waals surface area contributed by atoms with Crippen molar-refractivity contribution in [3.63, 3.8) is 0 Å². The highest BCUT2D eigenvalue weighted by molar-refractivity contribution is 7.99. The Morgan fingerprint density at radius 3 is 2.71 bits per heavy atom. The van der Waals surface area contributed by atoms with Gasteiger partial charge in [-0.3, -0.25) is 4.79 Å². The third-order valence-corrected chi connectivity index (χ3v) is 5.00. The molecule has 1 aromatic heterocycles. The van der Waals surface area contributed by atoms with Gasteiger partial charge in [0.25, 0.3) is 0 Å². The van der Waals surface area contributed by atoms with Crippen LogP contribution in [0, 0.1) is 0 Å². The van der Waals surface area contributed by atoms with Crippen LogP contribution >= 0.6 is 23.4 Å². The summed E-state index contributed by atoms with van der Waals surface area (Å²) in [5, 5.41) is 3.83. The molecule has 0 unspecified atom stereocenters. The van der Waals surface area contributed by atoms with E-state index in [1.54, 1.807) is 12.1 Å². The molecule has 148 valence electrons. The fourth-order valence-corrected chi connectivity index (χ4v) is 3.49. The van der Waals surface area contributed by atoms with E-state index in [1.165, 1.54) is 26.0 Å². The maximum Gasteiger partial charge on any atom is 0.234 e. The molecule has 7 nitrogen and oxygen atoms in total. The number of H-pyrrole nitrogens is 1. The van der Waals surface area contributed by atoms with Gasteiger partial charge in [-0.05, 0) is 25.1 Å². The summed E-state index contributed by atoms with van der Waals surface area (Å²) in [6, 6.07) is 8.86. The minimum absolute atomic E-state index is 0.172. The fourth-order valence-electron chi connectivity index (χ4n) is 2.57. The number of ether oxygens (including phenoxy) is 3.